The van der Waals surface area contributed by atoms with E-state index in [-0.39, 0.29) is 12.0 Å². The molecule has 3 aromatic rings. The van der Waals surface area contributed by atoms with Crippen LogP contribution in [0.15, 0.2) is 65.5 Å². The van der Waals surface area contributed by atoms with E-state index in [4.69, 9.17) is 13.9 Å². The zero-order chi connectivity index (χ0) is 20.1. The molecule has 2 aromatic carbocycles. The van der Waals surface area contributed by atoms with Crippen molar-refractivity contribution < 1.29 is 18.7 Å². The smallest absolute Gasteiger partial charge is 0.254 e. The van der Waals surface area contributed by atoms with Crippen molar-refractivity contribution in [3.8, 4) is 17.1 Å². The zero-order valence-electron chi connectivity index (χ0n) is 16.4. The summed E-state index contributed by atoms with van der Waals surface area (Å²) >= 11 is 0. The minimum absolute atomic E-state index is 0.0319. The van der Waals surface area contributed by atoms with Crippen LogP contribution in [0.1, 0.15) is 28.8 Å². The Morgan fingerprint density at radius 1 is 1.21 bits per heavy atom. The number of benzene rings is 2. The molecule has 1 aliphatic heterocycles. The average molecular weight is 392 g/mol. The number of para-hydroxylation sites is 1. The van der Waals surface area contributed by atoms with Gasteiger partial charge in [-0.15, -0.1) is 0 Å². The summed E-state index contributed by atoms with van der Waals surface area (Å²) in [5, 5.41) is 0. The standard InChI is InChI=1S/C23H24N2O4/c1-27-21-7-3-2-5-19(21)14-25(15-20-6-4-12-28-20)23(26)18-10-8-17(9-11-18)22-13-24-16-29-22/h2-3,5,7-11,13,16,20H,4,6,12,14-15H2,1H3. The number of nitrogens with zero attached hydrogens (tertiary/aromatic N) is 2. The van der Waals surface area contributed by atoms with E-state index in [1.807, 2.05) is 53.4 Å². The van der Waals surface area contributed by atoms with Crippen LogP contribution < -0.4 is 4.74 Å². The van der Waals surface area contributed by atoms with Crippen molar-refractivity contribution in [2.24, 2.45) is 0 Å². The Balaban J connectivity index is 1.56. The largest absolute Gasteiger partial charge is 0.496 e. The number of ether oxygens (including phenoxy) is 2. The van der Waals surface area contributed by atoms with E-state index in [2.05, 4.69) is 4.98 Å². The molecule has 6 nitrogen and oxygen atoms in total. The lowest BCUT2D eigenvalue weighted by atomic mass is 10.1. The summed E-state index contributed by atoms with van der Waals surface area (Å²) in [6.07, 6.45) is 5.13. The molecule has 150 valence electrons. The summed E-state index contributed by atoms with van der Waals surface area (Å²) in [5.74, 6) is 1.42. The first-order valence-corrected chi connectivity index (χ1v) is 9.76. The van der Waals surface area contributed by atoms with Gasteiger partial charge in [0, 0.05) is 36.4 Å². The Kier molecular flexibility index (Phi) is 5.91. The van der Waals surface area contributed by atoms with Crippen LogP contribution >= 0.6 is 0 Å². The lowest BCUT2D eigenvalue weighted by Crippen LogP contribution is -2.37. The highest BCUT2D eigenvalue weighted by Crippen LogP contribution is 2.24. The van der Waals surface area contributed by atoms with Gasteiger partial charge >= 0.3 is 0 Å². The number of carbonyl (C=O) groups is 1. The van der Waals surface area contributed by atoms with Crippen molar-refractivity contribution in [1.29, 1.82) is 0 Å². The Hall–Kier alpha value is -3.12. The Bertz CT molecular complexity index is 932. The van der Waals surface area contributed by atoms with E-state index in [9.17, 15) is 4.79 Å². The summed E-state index contributed by atoms with van der Waals surface area (Å²) in [6.45, 7) is 1.78. The van der Waals surface area contributed by atoms with Crippen LogP contribution in [0, 0.1) is 0 Å². The lowest BCUT2D eigenvalue weighted by molar-refractivity contribution is 0.0505. The monoisotopic (exact) mass is 392 g/mol. The fourth-order valence-corrected chi connectivity index (χ4v) is 3.61. The van der Waals surface area contributed by atoms with E-state index in [1.54, 1.807) is 13.3 Å². The molecule has 1 aromatic heterocycles. The highest BCUT2D eigenvalue weighted by molar-refractivity contribution is 5.94. The normalized spacial score (nSPS) is 16.0. The molecule has 0 aliphatic carbocycles. The number of carbonyl (C=O) groups excluding carboxylic acids is 1. The minimum atomic E-state index is -0.0319. The lowest BCUT2D eigenvalue weighted by Gasteiger charge is -2.26. The molecule has 1 unspecified atom stereocenters. The molecule has 1 fully saturated rings. The fourth-order valence-electron chi connectivity index (χ4n) is 3.61. The molecule has 0 radical (unpaired) electrons. The predicted octanol–water partition coefficient (Wildman–Crippen LogP) is 4.17. The third kappa shape index (κ3) is 4.49. The summed E-state index contributed by atoms with van der Waals surface area (Å²) in [4.78, 5) is 19.1. The Morgan fingerprint density at radius 2 is 2.03 bits per heavy atom. The molecule has 0 N–H and O–H groups in total. The van der Waals surface area contributed by atoms with E-state index in [1.165, 1.54) is 6.39 Å². The minimum Gasteiger partial charge on any atom is -0.496 e. The number of methoxy groups -OCH3 is 1. The molecule has 1 aliphatic rings. The second-order valence-corrected chi connectivity index (χ2v) is 7.08. The number of hydrogen-bond donors (Lipinski definition) is 0. The molecule has 1 atom stereocenters. The van der Waals surface area contributed by atoms with Gasteiger partial charge in [0.25, 0.3) is 5.91 Å². The third-order valence-corrected chi connectivity index (χ3v) is 5.14. The number of aromatic nitrogens is 1. The average Bonchev–Trinajstić information content (AvgIpc) is 3.48. The molecule has 6 heteroatoms. The molecule has 0 spiro atoms. The van der Waals surface area contributed by atoms with Crippen molar-refractivity contribution in [2.45, 2.75) is 25.5 Å². The van der Waals surface area contributed by atoms with Gasteiger partial charge in [-0.1, -0.05) is 30.3 Å². The summed E-state index contributed by atoms with van der Waals surface area (Å²) in [6, 6.07) is 15.2. The molecule has 29 heavy (non-hydrogen) atoms. The maximum absolute atomic E-state index is 13.3. The Labute approximate surface area is 170 Å². The third-order valence-electron chi connectivity index (χ3n) is 5.14. The second kappa shape index (κ2) is 8.92. The van der Waals surface area contributed by atoms with E-state index in [0.29, 0.717) is 24.4 Å². The molecule has 0 bridgehead atoms. The Morgan fingerprint density at radius 3 is 2.72 bits per heavy atom. The first-order valence-electron chi connectivity index (χ1n) is 9.76. The number of rotatable bonds is 7. The number of oxazole rings is 1. The first kappa shape index (κ1) is 19.2. The quantitative estimate of drug-likeness (QED) is 0.604. The van der Waals surface area contributed by atoms with Gasteiger partial charge in [-0.2, -0.15) is 0 Å². The SMILES string of the molecule is COc1ccccc1CN(CC1CCCO1)C(=O)c1ccc(-c2cnco2)cc1. The van der Waals surface area contributed by atoms with Gasteiger partial charge < -0.3 is 18.8 Å². The van der Waals surface area contributed by atoms with Gasteiger partial charge in [0.1, 0.15) is 5.75 Å². The van der Waals surface area contributed by atoms with Crippen LogP contribution in [-0.4, -0.2) is 42.2 Å². The highest BCUT2D eigenvalue weighted by Gasteiger charge is 2.24. The van der Waals surface area contributed by atoms with Crippen LogP contribution in [0.5, 0.6) is 5.75 Å². The van der Waals surface area contributed by atoms with Crippen molar-refractivity contribution >= 4 is 5.91 Å². The summed E-state index contributed by atoms with van der Waals surface area (Å²) in [7, 11) is 1.65. The molecule has 2 heterocycles. The maximum atomic E-state index is 13.3. The van der Waals surface area contributed by atoms with Crippen molar-refractivity contribution in [1.82, 2.24) is 9.88 Å². The molecule has 4 rings (SSSR count). The van der Waals surface area contributed by atoms with Gasteiger partial charge in [0.15, 0.2) is 12.2 Å². The van der Waals surface area contributed by atoms with Gasteiger partial charge in [-0.25, -0.2) is 4.98 Å². The van der Waals surface area contributed by atoms with Crippen LogP contribution in [0.3, 0.4) is 0 Å². The van der Waals surface area contributed by atoms with Crippen LogP contribution in [0.2, 0.25) is 0 Å². The maximum Gasteiger partial charge on any atom is 0.254 e. The summed E-state index contributed by atoms with van der Waals surface area (Å²) < 4.78 is 16.6. The first-order chi connectivity index (χ1) is 14.2. The van der Waals surface area contributed by atoms with Gasteiger partial charge in [-0.05, 0) is 31.0 Å². The fraction of sp³-hybridized carbons (Fsp3) is 0.304. The highest BCUT2D eigenvalue weighted by atomic mass is 16.5. The molecular weight excluding hydrogens is 368 g/mol. The molecular formula is C23H24N2O4. The van der Waals surface area contributed by atoms with E-state index >= 15 is 0 Å². The van der Waals surface area contributed by atoms with Gasteiger partial charge in [-0.3, -0.25) is 4.79 Å². The van der Waals surface area contributed by atoms with Crippen molar-refractivity contribution in [2.75, 3.05) is 20.3 Å². The van der Waals surface area contributed by atoms with Crippen molar-refractivity contribution in [3.05, 3.63) is 72.2 Å². The van der Waals surface area contributed by atoms with E-state index < -0.39 is 0 Å². The predicted molar refractivity (Wildman–Crippen MR) is 109 cm³/mol. The van der Waals surface area contributed by atoms with Gasteiger partial charge in [0.05, 0.1) is 19.4 Å². The number of hydrogen-bond acceptors (Lipinski definition) is 5. The van der Waals surface area contributed by atoms with Crippen LogP contribution in [-0.2, 0) is 11.3 Å². The zero-order valence-corrected chi connectivity index (χ0v) is 16.4. The van der Waals surface area contributed by atoms with Crippen LogP contribution in [0.4, 0.5) is 0 Å². The molecule has 0 saturated carbocycles. The second-order valence-electron chi connectivity index (χ2n) is 7.08. The molecule has 1 saturated heterocycles. The number of amides is 1. The van der Waals surface area contributed by atoms with Gasteiger partial charge in [0.2, 0.25) is 0 Å². The summed E-state index contributed by atoms with van der Waals surface area (Å²) in [5.41, 5.74) is 2.48. The van der Waals surface area contributed by atoms with E-state index in [0.717, 1.165) is 36.3 Å². The van der Waals surface area contributed by atoms with Crippen LogP contribution in [0.25, 0.3) is 11.3 Å². The molecule has 1 amide bonds. The topological polar surface area (TPSA) is 64.8 Å². The van der Waals surface area contributed by atoms with Crippen molar-refractivity contribution in [3.63, 3.8) is 0 Å².